The number of hydrogen-bond donors (Lipinski definition) is 2. The summed E-state index contributed by atoms with van der Waals surface area (Å²) in [6.07, 6.45) is 3.53. The molecule has 5 nitrogen and oxygen atoms in total. The van der Waals surface area contributed by atoms with Crippen LogP contribution in [0.2, 0.25) is 0 Å². The highest BCUT2D eigenvalue weighted by atomic mass is 16.2. The van der Waals surface area contributed by atoms with E-state index in [1.54, 1.807) is 0 Å². The molecule has 1 saturated carbocycles. The van der Waals surface area contributed by atoms with Gasteiger partial charge >= 0.3 is 0 Å². The number of nitrogens with one attached hydrogen (secondary N) is 2. The van der Waals surface area contributed by atoms with Crippen LogP contribution < -0.4 is 10.6 Å². The maximum Gasteiger partial charge on any atom is 0.237 e. The van der Waals surface area contributed by atoms with Crippen LogP contribution in [0.4, 0.5) is 0 Å². The Hall–Kier alpha value is -2.40. The summed E-state index contributed by atoms with van der Waals surface area (Å²) >= 11 is 0. The van der Waals surface area contributed by atoms with Crippen molar-refractivity contribution >= 4 is 22.6 Å². The van der Waals surface area contributed by atoms with E-state index in [-0.39, 0.29) is 18.2 Å². The summed E-state index contributed by atoms with van der Waals surface area (Å²) in [5, 5.41) is 8.37. The van der Waals surface area contributed by atoms with Gasteiger partial charge in [0.05, 0.1) is 12.5 Å². The number of carbonyl (C=O) groups is 2. The Labute approximate surface area is 153 Å². The van der Waals surface area contributed by atoms with Gasteiger partial charge in [-0.25, -0.2) is 0 Å². The van der Waals surface area contributed by atoms with Gasteiger partial charge < -0.3 is 10.6 Å². The average molecular weight is 351 g/mol. The Morgan fingerprint density at radius 3 is 2.77 bits per heavy atom. The first-order valence-corrected chi connectivity index (χ1v) is 9.48. The Morgan fingerprint density at radius 1 is 1.15 bits per heavy atom. The quantitative estimate of drug-likeness (QED) is 0.868. The zero-order chi connectivity index (χ0) is 17.9. The third-order valence-corrected chi connectivity index (χ3v) is 5.54. The molecular formula is C21H25N3O2. The molecule has 2 amide bonds. The summed E-state index contributed by atoms with van der Waals surface area (Å²) < 4.78 is 0. The number of piperazine rings is 1. The van der Waals surface area contributed by atoms with Gasteiger partial charge in [-0.05, 0) is 35.6 Å². The largest absolute Gasteiger partial charge is 0.353 e. The minimum absolute atomic E-state index is 0.0142. The molecule has 2 aliphatic rings. The molecule has 2 aromatic carbocycles. The van der Waals surface area contributed by atoms with Crippen molar-refractivity contribution in [2.24, 2.45) is 0 Å². The summed E-state index contributed by atoms with van der Waals surface area (Å²) in [5.41, 5.74) is 1.20. The van der Waals surface area contributed by atoms with Gasteiger partial charge in [0.1, 0.15) is 0 Å². The number of hydrogen-bond acceptors (Lipinski definition) is 3. The molecule has 2 fully saturated rings. The van der Waals surface area contributed by atoms with E-state index < -0.39 is 6.04 Å². The standard InChI is InChI=1S/C21H25N3O2/c25-20(23-17-8-4-9-17)13-19-21(26)22-11-12-24(19)14-16-7-3-6-15-5-1-2-10-18(15)16/h1-3,5-7,10,17,19H,4,8-9,11-14H2,(H,22,26)(H,23,25)/t19-/m1/s1. The number of nitrogens with zero attached hydrogens (tertiary/aromatic N) is 1. The topological polar surface area (TPSA) is 61.4 Å². The number of carbonyl (C=O) groups excluding carboxylic acids is 2. The minimum atomic E-state index is -0.400. The van der Waals surface area contributed by atoms with Crippen molar-refractivity contribution in [1.29, 1.82) is 0 Å². The molecular weight excluding hydrogens is 326 g/mol. The average Bonchev–Trinajstić information content (AvgIpc) is 2.61. The normalized spacial score (nSPS) is 21.2. The lowest BCUT2D eigenvalue weighted by Gasteiger charge is -2.35. The highest BCUT2D eigenvalue weighted by molar-refractivity contribution is 5.89. The number of fused-ring (bicyclic) bond motifs is 1. The summed E-state index contributed by atoms with van der Waals surface area (Å²) in [5.74, 6) is -0.0556. The lowest BCUT2D eigenvalue weighted by atomic mass is 9.93. The SMILES string of the molecule is O=C(C[C@@H]1C(=O)NCCN1Cc1cccc2ccccc12)NC1CCC1. The first kappa shape index (κ1) is 17.0. The first-order chi connectivity index (χ1) is 12.7. The second-order valence-electron chi connectivity index (χ2n) is 7.32. The van der Waals surface area contributed by atoms with Crippen molar-refractivity contribution in [3.05, 3.63) is 48.0 Å². The molecule has 1 atom stereocenters. The van der Waals surface area contributed by atoms with E-state index in [0.29, 0.717) is 19.1 Å². The lowest BCUT2D eigenvalue weighted by molar-refractivity contribution is -0.134. The van der Waals surface area contributed by atoms with Crippen LogP contribution in [-0.2, 0) is 16.1 Å². The van der Waals surface area contributed by atoms with E-state index in [0.717, 1.165) is 19.4 Å². The van der Waals surface area contributed by atoms with E-state index in [4.69, 9.17) is 0 Å². The molecule has 0 bridgehead atoms. The van der Waals surface area contributed by atoms with E-state index in [1.807, 2.05) is 12.1 Å². The van der Waals surface area contributed by atoms with Gasteiger partial charge in [-0.2, -0.15) is 0 Å². The molecule has 136 valence electrons. The molecule has 0 spiro atoms. The number of benzene rings is 2. The van der Waals surface area contributed by atoms with Gasteiger partial charge in [0.25, 0.3) is 0 Å². The van der Waals surface area contributed by atoms with Crippen molar-refractivity contribution in [2.75, 3.05) is 13.1 Å². The highest BCUT2D eigenvalue weighted by Crippen LogP contribution is 2.23. The van der Waals surface area contributed by atoms with E-state index in [1.165, 1.54) is 22.8 Å². The van der Waals surface area contributed by atoms with Crippen LogP contribution in [0.1, 0.15) is 31.2 Å². The minimum Gasteiger partial charge on any atom is -0.353 e. The molecule has 26 heavy (non-hydrogen) atoms. The van der Waals surface area contributed by atoms with Crippen LogP contribution in [0.3, 0.4) is 0 Å². The predicted molar refractivity (Wildman–Crippen MR) is 102 cm³/mol. The van der Waals surface area contributed by atoms with Crippen LogP contribution in [-0.4, -0.2) is 41.9 Å². The van der Waals surface area contributed by atoms with Gasteiger partial charge in [-0.1, -0.05) is 42.5 Å². The summed E-state index contributed by atoms with van der Waals surface area (Å²) in [6.45, 7) is 2.07. The van der Waals surface area contributed by atoms with E-state index in [9.17, 15) is 9.59 Å². The summed E-state index contributed by atoms with van der Waals surface area (Å²) in [7, 11) is 0. The molecule has 4 rings (SSSR count). The van der Waals surface area contributed by atoms with Crippen molar-refractivity contribution < 1.29 is 9.59 Å². The molecule has 0 radical (unpaired) electrons. The Kier molecular flexibility index (Phi) is 4.89. The van der Waals surface area contributed by atoms with Crippen LogP contribution in [0.25, 0.3) is 10.8 Å². The summed E-state index contributed by atoms with van der Waals surface area (Å²) in [4.78, 5) is 26.9. The van der Waals surface area contributed by atoms with Crippen molar-refractivity contribution in [3.8, 4) is 0 Å². The molecule has 2 aromatic rings. The Morgan fingerprint density at radius 2 is 1.96 bits per heavy atom. The second kappa shape index (κ2) is 7.46. The predicted octanol–water partition coefficient (Wildman–Crippen LogP) is 2.20. The highest BCUT2D eigenvalue weighted by Gasteiger charge is 2.32. The molecule has 1 aliphatic carbocycles. The fourth-order valence-corrected chi connectivity index (χ4v) is 3.84. The van der Waals surface area contributed by atoms with Crippen molar-refractivity contribution in [2.45, 2.75) is 44.3 Å². The van der Waals surface area contributed by atoms with Gasteiger partial charge in [0.2, 0.25) is 11.8 Å². The fourth-order valence-electron chi connectivity index (χ4n) is 3.84. The first-order valence-electron chi connectivity index (χ1n) is 9.48. The van der Waals surface area contributed by atoms with E-state index >= 15 is 0 Å². The van der Waals surface area contributed by atoms with Crippen LogP contribution in [0, 0.1) is 0 Å². The molecule has 0 aromatic heterocycles. The number of rotatable bonds is 5. The van der Waals surface area contributed by atoms with E-state index in [2.05, 4.69) is 45.9 Å². The molecule has 1 heterocycles. The van der Waals surface area contributed by atoms with Gasteiger partial charge in [0, 0.05) is 25.7 Å². The third-order valence-electron chi connectivity index (χ3n) is 5.54. The molecule has 1 saturated heterocycles. The number of amides is 2. The maximum atomic E-state index is 12.4. The summed E-state index contributed by atoms with van der Waals surface area (Å²) in [6, 6.07) is 14.5. The van der Waals surface area contributed by atoms with Crippen molar-refractivity contribution in [1.82, 2.24) is 15.5 Å². The zero-order valence-corrected chi connectivity index (χ0v) is 14.9. The maximum absolute atomic E-state index is 12.4. The van der Waals surface area contributed by atoms with Crippen LogP contribution in [0.5, 0.6) is 0 Å². The molecule has 1 aliphatic heterocycles. The molecule has 2 N–H and O–H groups in total. The van der Waals surface area contributed by atoms with Crippen molar-refractivity contribution in [3.63, 3.8) is 0 Å². The van der Waals surface area contributed by atoms with Gasteiger partial charge in [0.15, 0.2) is 0 Å². The smallest absolute Gasteiger partial charge is 0.237 e. The zero-order valence-electron chi connectivity index (χ0n) is 14.9. The Balaban J connectivity index is 1.50. The monoisotopic (exact) mass is 351 g/mol. The second-order valence-corrected chi connectivity index (χ2v) is 7.32. The lowest BCUT2D eigenvalue weighted by Crippen LogP contribution is -2.56. The van der Waals surface area contributed by atoms with Crippen LogP contribution in [0.15, 0.2) is 42.5 Å². The van der Waals surface area contributed by atoms with Gasteiger partial charge in [-0.3, -0.25) is 14.5 Å². The fraction of sp³-hybridized carbons (Fsp3) is 0.429. The third kappa shape index (κ3) is 3.58. The van der Waals surface area contributed by atoms with Crippen LogP contribution >= 0.6 is 0 Å². The molecule has 5 heteroatoms. The molecule has 0 unspecified atom stereocenters. The van der Waals surface area contributed by atoms with Gasteiger partial charge in [-0.15, -0.1) is 0 Å². The Bertz CT molecular complexity index is 811.